The van der Waals surface area contributed by atoms with Gasteiger partial charge in [0.15, 0.2) is 9.84 Å². The Morgan fingerprint density at radius 1 is 1.26 bits per heavy atom. The van der Waals surface area contributed by atoms with Gasteiger partial charge in [-0.25, -0.2) is 8.42 Å². The Balaban J connectivity index is 1.64. The number of hydrogen-bond donors (Lipinski definition) is 2. The summed E-state index contributed by atoms with van der Waals surface area (Å²) in [6, 6.07) is 8.08. The van der Waals surface area contributed by atoms with Crippen molar-refractivity contribution < 1.29 is 18.0 Å². The molecule has 7 nitrogen and oxygen atoms in total. The monoisotopic (exact) mass is 499 g/mol. The van der Waals surface area contributed by atoms with Gasteiger partial charge in [-0.05, 0) is 23.6 Å². The molecule has 0 spiro atoms. The zero-order valence-electron chi connectivity index (χ0n) is 16.6. The van der Waals surface area contributed by atoms with Crippen molar-refractivity contribution in [1.29, 1.82) is 0 Å². The summed E-state index contributed by atoms with van der Waals surface area (Å²) in [4.78, 5) is 29.3. The van der Waals surface area contributed by atoms with Crippen molar-refractivity contribution in [2.45, 2.75) is 17.7 Å². The summed E-state index contributed by atoms with van der Waals surface area (Å²) in [7, 11) is -0.858. The van der Waals surface area contributed by atoms with E-state index in [1.54, 1.807) is 18.2 Å². The number of halogens is 2. The van der Waals surface area contributed by atoms with E-state index in [2.05, 4.69) is 10.3 Å². The maximum absolute atomic E-state index is 13.2. The zero-order valence-corrected chi connectivity index (χ0v) is 19.8. The van der Waals surface area contributed by atoms with E-state index in [0.29, 0.717) is 26.9 Å². The first-order valence-electron chi connectivity index (χ1n) is 9.35. The second-order valence-electron chi connectivity index (χ2n) is 7.61. The molecular formula is C20H19Cl2N3O4S2. The molecule has 0 unspecified atom stereocenters. The van der Waals surface area contributed by atoms with Crippen molar-refractivity contribution in [3.8, 4) is 0 Å². The molecule has 0 fully saturated rings. The van der Waals surface area contributed by atoms with Crippen LogP contribution in [0.1, 0.15) is 26.9 Å². The average Bonchev–Trinajstić information content (AvgIpc) is 3.34. The molecule has 2 atom stereocenters. The molecule has 164 valence electrons. The van der Waals surface area contributed by atoms with Gasteiger partial charge in [0.1, 0.15) is 21.0 Å². The SMILES string of the molecule is CN(C)C(=O)CS(=O)(=O)[C@@H]1c2ccccc2C[C@H]1NC(=O)c1cc2sc(Cl)c(Cl)c2[nH]1. The Morgan fingerprint density at radius 3 is 2.65 bits per heavy atom. The van der Waals surface area contributed by atoms with Crippen molar-refractivity contribution in [2.75, 3.05) is 19.8 Å². The van der Waals surface area contributed by atoms with E-state index in [4.69, 9.17) is 23.2 Å². The fourth-order valence-electron chi connectivity index (χ4n) is 3.81. The smallest absolute Gasteiger partial charge is 0.268 e. The fraction of sp³-hybridized carbons (Fsp3) is 0.300. The molecule has 0 radical (unpaired) electrons. The molecule has 11 heteroatoms. The number of carbonyl (C=O) groups excluding carboxylic acids is 2. The highest BCUT2D eigenvalue weighted by Gasteiger charge is 2.43. The second kappa shape index (κ2) is 8.12. The van der Waals surface area contributed by atoms with Crippen LogP contribution in [-0.2, 0) is 21.1 Å². The van der Waals surface area contributed by atoms with Crippen molar-refractivity contribution in [3.63, 3.8) is 0 Å². The lowest BCUT2D eigenvalue weighted by Crippen LogP contribution is -2.42. The Morgan fingerprint density at radius 2 is 1.97 bits per heavy atom. The van der Waals surface area contributed by atoms with Crippen LogP contribution in [0, 0.1) is 0 Å². The summed E-state index contributed by atoms with van der Waals surface area (Å²) in [5.74, 6) is -1.59. The number of aromatic amines is 1. The molecule has 2 heterocycles. The van der Waals surface area contributed by atoms with Gasteiger partial charge >= 0.3 is 0 Å². The van der Waals surface area contributed by atoms with Crippen LogP contribution in [0.5, 0.6) is 0 Å². The number of carbonyl (C=O) groups is 2. The van der Waals surface area contributed by atoms with Gasteiger partial charge in [-0.1, -0.05) is 47.5 Å². The molecule has 0 bridgehead atoms. The zero-order chi connectivity index (χ0) is 22.5. The number of sulfone groups is 1. The van der Waals surface area contributed by atoms with Crippen LogP contribution in [-0.4, -0.2) is 56.0 Å². The lowest BCUT2D eigenvalue weighted by Gasteiger charge is -2.22. The predicted molar refractivity (Wildman–Crippen MR) is 123 cm³/mol. The number of fused-ring (bicyclic) bond motifs is 2. The quantitative estimate of drug-likeness (QED) is 0.561. The number of H-pyrrole nitrogens is 1. The third kappa shape index (κ3) is 4.07. The molecule has 0 aliphatic heterocycles. The van der Waals surface area contributed by atoms with Gasteiger partial charge in [0.05, 0.1) is 21.3 Å². The Kier molecular flexibility index (Phi) is 5.80. The highest BCUT2D eigenvalue weighted by Crippen LogP contribution is 2.40. The van der Waals surface area contributed by atoms with Crippen LogP contribution in [0.25, 0.3) is 10.2 Å². The first kappa shape index (κ1) is 22.1. The first-order valence-corrected chi connectivity index (χ1v) is 12.6. The number of aromatic nitrogens is 1. The van der Waals surface area contributed by atoms with Crippen molar-refractivity contribution in [3.05, 3.63) is 56.5 Å². The van der Waals surface area contributed by atoms with Crippen LogP contribution in [0.2, 0.25) is 9.36 Å². The highest BCUT2D eigenvalue weighted by atomic mass is 35.5. The van der Waals surface area contributed by atoms with Crippen molar-refractivity contribution >= 4 is 66.4 Å². The molecule has 2 N–H and O–H groups in total. The third-order valence-corrected chi connectivity index (χ3v) is 9.25. The molecule has 0 saturated heterocycles. The van der Waals surface area contributed by atoms with Gasteiger partial charge in [0, 0.05) is 14.1 Å². The third-order valence-electron chi connectivity index (χ3n) is 5.31. The summed E-state index contributed by atoms with van der Waals surface area (Å²) in [6.45, 7) is 0. The van der Waals surface area contributed by atoms with Crippen LogP contribution in [0.3, 0.4) is 0 Å². The topological polar surface area (TPSA) is 99.3 Å². The molecule has 2 amide bonds. The molecule has 1 aromatic carbocycles. The molecule has 4 rings (SSSR count). The average molecular weight is 500 g/mol. The van der Waals surface area contributed by atoms with E-state index in [1.165, 1.54) is 30.3 Å². The minimum Gasteiger partial charge on any atom is -0.349 e. The number of thiophene rings is 1. The maximum atomic E-state index is 13.2. The molecule has 31 heavy (non-hydrogen) atoms. The van der Waals surface area contributed by atoms with Gasteiger partial charge in [-0.3, -0.25) is 9.59 Å². The van der Waals surface area contributed by atoms with Crippen LogP contribution >= 0.6 is 34.5 Å². The van der Waals surface area contributed by atoms with Crippen molar-refractivity contribution in [1.82, 2.24) is 15.2 Å². The molecule has 1 aliphatic carbocycles. The Bertz CT molecular complexity index is 1300. The summed E-state index contributed by atoms with van der Waals surface area (Å²) >= 11 is 13.4. The van der Waals surface area contributed by atoms with E-state index in [-0.39, 0.29) is 5.69 Å². The lowest BCUT2D eigenvalue weighted by atomic mass is 10.1. The Labute approximate surface area is 193 Å². The summed E-state index contributed by atoms with van der Waals surface area (Å²) in [5.41, 5.74) is 2.27. The van der Waals surface area contributed by atoms with Gasteiger partial charge in [0.2, 0.25) is 5.91 Å². The number of benzene rings is 1. The minimum atomic E-state index is -3.87. The largest absolute Gasteiger partial charge is 0.349 e. The number of amides is 2. The number of nitrogens with one attached hydrogen (secondary N) is 2. The van der Waals surface area contributed by atoms with Crippen LogP contribution in [0.4, 0.5) is 0 Å². The van der Waals surface area contributed by atoms with Gasteiger partial charge in [0.25, 0.3) is 5.91 Å². The normalized spacial score (nSPS) is 18.2. The molecule has 2 aromatic heterocycles. The predicted octanol–water partition coefficient (Wildman–Crippen LogP) is 3.44. The fourth-order valence-corrected chi connectivity index (χ4v) is 7.35. The van der Waals surface area contributed by atoms with Gasteiger partial charge < -0.3 is 15.2 Å². The maximum Gasteiger partial charge on any atom is 0.268 e. The number of nitrogens with zero attached hydrogens (tertiary/aromatic N) is 1. The van der Waals surface area contributed by atoms with E-state index in [0.717, 1.165) is 10.3 Å². The lowest BCUT2D eigenvalue weighted by molar-refractivity contribution is -0.125. The Hall–Kier alpha value is -2.07. The summed E-state index contributed by atoms with van der Waals surface area (Å²) in [6.07, 6.45) is 0.351. The van der Waals surface area contributed by atoms with E-state index < -0.39 is 38.7 Å². The van der Waals surface area contributed by atoms with Gasteiger partial charge in [-0.2, -0.15) is 0 Å². The summed E-state index contributed by atoms with van der Waals surface area (Å²) in [5, 5.41) is 2.18. The standard InChI is InChI=1S/C20H19Cl2N3O4S2/c1-25(2)15(26)9-31(28,29)18-11-6-4-3-5-10(11)7-12(18)24-20(27)13-8-14-17(23-13)16(21)19(22)30-14/h3-6,8,12,18,23H,7,9H2,1-2H3,(H,24,27)/t12-,18-/m1/s1. The first-order chi connectivity index (χ1) is 14.6. The van der Waals surface area contributed by atoms with E-state index in [9.17, 15) is 18.0 Å². The van der Waals surface area contributed by atoms with Crippen LogP contribution in [0.15, 0.2) is 30.3 Å². The number of rotatable bonds is 5. The van der Waals surface area contributed by atoms with Gasteiger partial charge in [-0.15, -0.1) is 11.3 Å². The minimum absolute atomic E-state index is 0.260. The second-order valence-corrected chi connectivity index (χ2v) is 11.8. The van der Waals surface area contributed by atoms with Crippen LogP contribution < -0.4 is 5.32 Å². The number of hydrogen-bond acceptors (Lipinski definition) is 5. The van der Waals surface area contributed by atoms with E-state index >= 15 is 0 Å². The molecule has 0 saturated carbocycles. The van der Waals surface area contributed by atoms with Crippen molar-refractivity contribution in [2.24, 2.45) is 0 Å². The van der Waals surface area contributed by atoms with E-state index in [1.807, 2.05) is 12.1 Å². The summed E-state index contributed by atoms with van der Waals surface area (Å²) < 4.78 is 27.5. The molecule has 1 aliphatic rings. The highest BCUT2D eigenvalue weighted by molar-refractivity contribution is 7.92. The molecule has 3 aromatic rings. The molecular weight excluding hydrogens is 481 g/mol.